The fourth-order valence-corrected chi connectivity index (χ4v) is 2.26. The smallest absolute Gasteiger partial charge is 0.195 e. The number of benzene rings is 2. The number of anilines is 1. The number of nitrogens with zero attached hydrogens (tertiary/aromatic N) is 1. The minimum Gasteiger partial charge on any atom is -0.441 e. The minimum absolute atomic E-state index is 0.0631. The van der Waals surface area contributed by atoms with E-state index in [9.17, 15) is 4.39 Å². The molecule has 5 heteroatoms. The van der Waals surface area contributed by atoms with Gasteiger partial charge in [-0.25, -0.2) is 9.37 Å². The van der Waals surface area contributed by atoms with Crippen LogP contribution in [0.1, 0.15) is 12.3 Å². The zero-order valence-corrected chi connectivity index (χ0v) is 12.0. The first-order valence-electron chi connectivity index (χ1n) is 6.76. The Morgan fingerprint density at radius 2 is 2.00 bits per heavy atom. The molecule has 0 saturated carbocycles. The number of oxazole rings is 1. The lowest BCUT2D eigenvalue weighted by atomic mass is 10.3. The molecule has 0 radical (unpaired) electrons. The molecule has 0 aliphatic rings. The molecule has 0 bridgehead atoms. The fraction of sp³-hybridized carbons (Fsp3) is 0.188. The first-order chi connectivity index (χ1) is 10.2. The third-order valence-corrected chi connectivity index (χ3v) is 3.43. The Balaban J connectivity index is 1.58. The van der Waals surface area contributed by atoms with Crippen LogP contribution in [-0.2, 0) is 6.42 Å². The fourth-order valence-electron chi connectivity index (χ4n) is 2.11. The maximum atomic E-state index is 13.3. The predicted molar refractivity (Wildman–Crippen MR) is 82.2 cm³/mol. The summed E-state index contributed by atoms with van der Waals surface area (Å²) in [4.78, 5) is 4.31. The van der Waals surface area contributed by atoms with Gasteiger partial charge < -0.3 is 9.73 Å². The van der Waals surface area contributed by atoms with E-state index in [1.807, 2.05) is 30.3 Å². The lowest BCUT2D eigenvalue weighted by molar-refractivity contribution is 0.520. The van der Waals surface area contributed by atoms with Crippen LogP contribution in [0.3, 0.4) is 0 Å². The minimum atomic E-state index is -0.488. The first kappa shape index (κ1) is 13.9. The lowest BCUT2D eigenvalue weighted by Crippen LogP contribution is -2.02. The molecule has 3 rings (SSSR count). The van der Waals surface area contributed by atoms with E-state index >= 15 is 0 Å². The second kappa shape index (κ2) is 6.14. The van der Waals surface area contributed by atoms with Crippen LogP contribution in [0.25, 0.3) is 11.1 Å². The zero-order valence-electron chi connectivity index (χ0n) is 11.3. The van der Waals surface area contributed by atoms with Crippen LogP contribution in [0.4, 0.5) is 10.1 Å². The average molecular weight is 305 g/mol. The summed E-state index contributed by atoms with van der Waals surface area (Å²) in [5.74, 6) is 0.110. The van der Waals surface area contributed by atoms with Gasteiger partial charge in [0, 0.05) is 24.7 Å². The van der Waals surface area contributed by atoms with E-state index in [4.69, 9.17) is 16.0 Å². The van der Waals surface area contributed by atoms with Gasteiger partial charge in [-0.3, -0.25) is 0 Å². The van der Waals surface area contributed by atoms with Crippen molar-refractivity contribution in [2.75, 3.05) is 11.9 Å². The topological polar surface area (TPSA) is 38.1 Å². The highest BCUT2D eigenvalue weighted by molar-refractivity contribution is 6.31. The largest absolute Gasteiger partial charge is 0.441 e. The highest BCUT2D eigenvalue weighted by Crippen LogP contribution is 2.23. The van der Waals surface area contributed by atoms with Crippen molar-refractivity contribution in [2.24, 2.45) is 0 Å². The van der Waals surface area contributed by atoms with Crippen molar-refractivity contribution in [3.05, 3.63) is 59.2 Å². The normalized spacial score (nSPS) is 11.0. The Kier molecular flexibility index (Phi) is 4.06. The number of halogens is 2. The maximum Gasteiger partial charge on any atom is 0.195 e. The van der Waals surface area contributed by atoms with Crippen LogP contribution in [0.15, 0.2) is 46.9 Å². The summed E-state index contributed by atoms with van der Waals surface area (Å²) in [6.45, 7) is 0.817. The number of hydrogen-bond donors (Lipinski definition) is 1. The molecule has 0 spiro atoms. The standard InChI is InChI=1S/C16H14ClFN2O/c17-12-9-14-15(10-13(12)18)21-16(20-14)7-4-8-19-11-5-2-1-3-6-11/h1-3,5-6,9-10,19H,4,7-8H2. The molecule has 0 fully saturated rings. The van der Waals surface area contributed by atoms with E-state index < -0.39 is 5.82 Å². The van der Waals surface area contributed by atoms with Gasteiger partial charge in [-0.1, -0.05) is 29.8 Å². The van der Waals surface area contributed by atoms with Crippen molar-refractivity contribution in [3.63, 3.8) is 0 Å². The Bertz CT molecular complexity index is 704. The number of aryl methyl sites for hydroxylation is 1. The van der Waals surface area contributed by atoms with Crippen molar-refractivity contribution >= 4 is 28.4 Å². The van der Waals surface area contributed by atoms with Crippen molar-refractivity contribution < 1.29 is 8.81 Å². The summed E-state index contributed by atoms with van der Waals surface area (Å²) >= 11 is 5.72. The zero-order chi connectivity index (χ0) is 14.7. The van der Waals surface area contributed by atoms with E-state index in [1.165, 1.54) is 12.1 Å². The van der Waals surface area contributed by atoms with Crippen molar-refractivity contribution in [1.82, 2.24) is 4.98 Å². The van der Waals surface area contributed by atoms with Gasteiger partial charge in [0.15, 0.2) is 11.5 Å². The first-order valence-corrected chi connectivity index (χ1v) is 7.13. The van der Waals surface area contributed by atoms with E-state index in [2.05, 4.69) is 10.3 Å². The molecule has 0 amide bonds. The molecule has 1 aromatic heterocycles. The Morgan fingerprint density at radius 1 is 1.19 bits per heavy atom. The molecule has 108 valence electrons. The van der Waals surface area contributed by atoms with Gasteiger partial charge >= 0.3 is 0 Å². The average Bonchev–Trinajstić information content (AvgIpc) is 2.87. The van der Waals surface area contributed by atoms with Gasteiger partial charge in [0.25, 0.3) is 0 Å². The molecule has 3 aromatic rings. The molecule has 1 N–H and O–H groups in total. The summed E-state index contributed by atoms with van der Waals surface area (Å²) in [5, 5.41) is 3.38. The van der Waals surface area contributed by atoms with Gasteiger partial charge in [0.05, 0.1) is 5.02 Å². The third-order valence-electron chi connectivity index (χ3n) is 3.15. The van der Waals surface area contributed by atoms with Crippen LogP contribution in [-0.4, -0.2) is 11.5 Å². The monoisotopic (exact) mass is 304 g/mol. The second-order valence-electron chi connectivity index (χ2n) is 4.74. The van der Waals surface area contributed by atoms with Gasteiger partial charge in [-0.2, -0.15) is 0 Å². The van der Waals surface area contributed by atoms with Crippen LogP contribution in [0, 0.1) is 5.82 Å². The Morgan fingerprint density at radius 3 is 2.81 bits per heavy atom. The van der Waals surface area contributed by atoms with Crippen LogP contribution in [0.2, 0.25) is 5.02 Å². The molecular weight excluding hydrogens is 291 g/mol. The summed E-state index contributed by atoms with van der Waals surface area (Å²) in [7, 11) is 0. The van der Waals surface area contributed by atoms with Crippen molar-refractivity contribution in [2.45, 2.75) is 12.8 Å². The van der Waals surface area contributed by atoms with Gasteiger partial charge in [0.1, 0.15) is 11.3 Å². The highest BCUT2D eigenvalue weighted by Gasteiger charge is 2.09. The SMILES string of the molecule is Fc1cc2oc(CCCNc3ccccc3)nc2cc1Cl. The van der Waals surface area contributed by atoms with Crippen LogP contribution >= 0.6 is 11.6 Å². The quantitative estimate of drug-likeness (QED) is 0.696. The molecule has 0 unspecified atom stereocenters. The van der Waals surface area contributed by atoms with Gasteiger partial charge in [-0.05, 0) is 24.6 Å². The lowest BCUT2D eigenvalue weighted by Gasteiger charge is -2.04. The number of nitrogens with one attached hydrogen (secondary N) is 1. The third kappa shape index (κ3) is 3.34. The van der Waals surface area contributed by atoms with Gasteiger partial charge in [-0.15, -0.1) is 0 Å². The number of para-hydroxylation sites is 1. The van der Waals surface area contributed by atoms with Crippen molar-refractivity contribution in [3.8, 4) is 0 Å². The molecule has 21 heavy (non-hydrogen) atoms. The Hall–Kier alpha value is -2.07. The second-order valence-corrected chi connectivity index (χ2v) is 5.15. The molecule has 1 heterocycles. The molecular formula is C16H14ClFN2O. The number of hydrogen-bond acceptors (Lipinski definition) is 3. The maximum absolute atomic E-state index is 13.3. The molecule has 0 saturated heterocycles. The highest BCUT2D eigenvalue weighted by atomic mass is 35.5. The van der Waals surface area contributed by atoms with Crippen LogP contribution < -0.4 is 5.32 Å². The molecule has 0 aliphatic carbocycles. The predicted octanol–water partition coefficient (Wildman–Crippen LogP) is 4.67. The summed E-state index contributed by atoms with van der Waals surface area (Å²) in [6, 6.07) is 12.8. The van der Waals surface area contributed by atoms with E-state index in [1.54, 1.807) is 0 Å². The van der Waals surface area contributed by atoms with Gasteiger partial charge in [0.2, 0.25) is 0 Å². The summed E-state index contributed by atoms with van der Waals surface area (Å²) < 4.78 is 18.8. The molecule has 3 nitrogen and oxygen atoms in total. The Labute approximate surface area is 126 Å². The number of aromatic nitrogens is 1. The summed E-state index contributed by atoms with van der Waals surface area (Å²) in [5.41, 5.74) is 2.11. The van der Waals surface area contributed by atoms with E-state index in [0.29, 0.717) is 23.4 Å². The van der Waals surface area contributed by atoms with E-state index in [-0.39, 0.29) is 5.02 Å². The molecule has 0 atom stereocenters. The summed E-state index contributed by atoms with van der Waals surface area (Å²) in [6.07, 6.45) is 1.56. The molecule has 0 aliphatic heterocycles. The van der Waals surface area contributed by atoms with E-state index in [0.717, 1.165) is 18.7 Å². The number of rotatable bonds is 5. The molecule has 2 aromatic carbocycles. The van der Waals surface area contributed by atoms with Crippen molar-refractivity contribution in [1.29, 1.82) is 0 Å². The van der Waals surface area contributed by atoms with Crippen LogP contribution in [0.5, 0.6) is 0 Å². The number of fused-ring (bicyclic) bond motifs is 1.